The smallest absolute Gasteiger partial charge is 0.0754 e. The summed E-state index contributed by atoms with van der Waals surface area (Å²) in [7, 11) is 0. The molecule has 3 nitrogen and oxygen atoms in total. The summed E-state index contributed by atoms with van der Waals surface area (Å²) in [6.45, 7) is 0. The first-order valence-electron chi connectivity index (χ1n) is 33.0. The van der Waals surface area contributed by atoms with Crippen molar-refractivity contribution in [2.24, 2.45) is 0 Å². The molecule has 444 valence electrons. The summed E-state index contributed by atoms with van der Waals surface area (Å²) < 4.78 is 2.57. The molecule has 1 spiro atoms. The Morgan fingerprint density at radius 2 is 0.649 bits per heavy atom. The molecule has 0 radical (unpaired) electrons. The number of para-hydroxylation sites is 7. The zero-order chi connectivity index (χ0) is 62.1. The van der Waals surface area contributed by atoms with E-state index in [2.05, 4.69) is 372 Å². The Balaban J connectivity index is 0.809. The van der Waals surface area contributed by atoms with Crippen LogP contribution in [-0.2, 0) is 18.3 Å². The molecule has 1 aliphatic heterocycles. The molecule has 2 atom stereocenters. The van der Waals surface area contributed by atoms with Gasteiger partial charge in [-0.1, -0.05) is 273 Å². The summed E-state index contributed by atoms with van der Waals surface area (Å²) >= 11 is 0. The highest BCUT2D eigenvalue weighted by Gasteiger charge is 2.51. The fraction of sp³-hybridized carbons (Fsp3) is 0.0549. The largest absolute Gasteiger partial charge is 0.311 e. The molecule has 0 bridgehead atoms. The number of hydrogen-bond acceptors (Lipinski definition) is 2. The Kier molecular flexibility index (Phi) is 13.4. The molecule has 18 rings (SSSR count). The van der Waals surface area contributed by atoms with Crippen molar-refractivity contribution in [1.82, 2.24) is 4.57 Å². The Labute approximate surface area is 549 Å². The molecule has 16 aromatic rings. The van der Waals surface area contributed by atoms with Crippen molar-refractivity contribution in [3.63, 3.8) is 0 Å². The average molecular weight is 1200 g/mol. The Morgan fingerprint density at radius 1 is 0.277 bits per heavy atom. The van der Waals surface area contributed by atoms with E-state index in [1.165, 1.54) is 116 Å². The first-order chi connectivity index (χ1) is 46.6. The van der Waals surface area contributed by atoms with Gasteiger partial charge in [0.1, 0.15) is 0 Å². The second kappa shape index (κ2) is 22.9. The van der Waals surface area contributed by atoms with Gasteiger partial charge in [-0.2, -0.15) is 0 Å². The average Bonchev–Trinajstić information content (AvgIpc) is 1.47. The maximum absolute atomic E-state index is 2.62. The van der Waals surface area contributed by atoms with Crippen LogP contribution in [0, 0.1) is 0 Å². The highest BCUT2D eigenvalue weighted by molar-refractivity contribution is 6.13. The van der Waals surface area contributed by atoms with Crippen molar-refractivity contribution in [2.75, 3.05) is 9.80 Å². The minimum absolute atomic E-state index is 0.0378. The van der Waals surface area contributed by atoms with Gasteiger partial charge in [0.25, 0.3) is 0 Å². The quantitative estimate of drug-likeness (QED) is 0.108. The molecule has 2 unspecified atom stereocenters. The van der Waals surface area contributed by atoms with E-state index >= 15 is 0 Å². The van der Waals surface area contributed by atoms with Crippen molar-refractivity contribution in [3.05, 3.63) is 414 Å². The van der Waals surface area contributed by atoms with Gasteiger partial charge in [-0.25, -0.2) is 0 Å². The maximum Gasteiger partial charge on any atom is 0.0754 e. The van der Waals surface area contributed by atoms with Crippen LogP contribution >= 0.6 is 0 Å². The molecule has 0 saturated carbocycles. The fourth-order valence-corrected chi connectivity index (χ4v) is 16.3. The first kappa shape index (κ1) is 55.1. The summed E-state index contributed by atoms with van der Waals surface area (Å²) in [4.78, 5) is 4.71. The molecule has 15 aromatic carbocycles. The van der Waals surface area contributed by atoms with Crippen molar-refractivity contribution >= 4 is 77.5 Å². The standard InChI is InChI=1S/C91H65N3/c1-5-28-68(29-6-1)92(69-30-7-2-8-31-69)72-52-48-66(49-53-72)82(76-39-21-26-64-24-13-15-36-74(64)76)58-62-46-56-78-79-57-47-63(61-87(79)91(86(78)60-62)84-42-18-20-45-89(84)94-88-44-19-17-38-80(88)81-41-23-43-85(91)90(81)94)59-83(77-40-22-27-65-25-14-16-37-75(65)77)67-50-54-73(55-51-67)93(70-32-9-3-10-33-70)71-34-11-4-12-35-71/h1-57,60-61,82-83H,58-59H2. The van der Waals surface area contributed by atoms with Crippen LogP contribution in [0.15, 0.2) is 358 Å². The van der Waals surface area contributed by atoms with E-state index in [1.807, 2.05) is 0 Å². The van der Waals surface area contributed by atoms with E-state index in [4.69, 9.17) is 0 Å². The summed E-state index contributed by atoms with van der Waals surface area (Å²) in [5, 5.41) is 7.61. The van der Waals surface area contributed by atoms with Gasteiger partial charge in [0.15, 0.2) is 0 Å². The van der Waals surface area contributed by atoms with Gasteiger partial charge < -0.3 is 14.4 Å². The van der Waals surface area contributed by atoms with E-state index in [0.29, 0.717) is 0 Å². The number of anilines is 6. The zero-order valence-corrected chi connectivity index (χ0v) is 52.0. The molecule has 0 saturated heterocycles. The van der Waals surface area contributed by atoms with Gasteiger partial charge in [-0.3, -0.25) is 0 Å². The van der Waals surface area contributed by atoms with E-state index in [1.54, 1.807) is 0 Å². The Hall–Kier alpha value is -11.8. The topological polar surface area (TPSA) is 11.4 Å². The van der Waals surface area contributed by atoms with Crippen LogP contribution in [0.5, 0.6) is 0 Å². The van der Waals surface area contributed by atoms with Crippen LogP contribution in [0.2, 0.25) is 0 Å². The Bertz CT molecular complexity index is 5150. The first-order valence-corrected chi connectivity index (χ1v) is 33.0. The number of nitrogens with zero attached hydrogens (tertiary/aromatic N) is 3. The van der Waals surface area contributed by atoms with Crippen molar-refractivity contribution in [2.45, 2.75) is 30.1 Å². The lowest BCUT2D eigenvalue weighted by atomic mass is 9.65. The molecular weight excluding hydrogens is 1140 g/mol. The molecule has 2 heterocycles. The lowest BCUT2D eigenvalue weighted by Crippen LogP contribution is -2.33. The minimum atomic E-state index is -0.666. The molecule has 0 N–H and O–H groups in total. The molecule has 0 fully saturated rings. The lowest BCUT2D eigenvalue weighted by Gasteiger charge is -2.40. The van der Waals surface area contributed by atoms with Gasteiger partial charge in [0, 0.05) is 56.7 Å². The van der Waals surface area contributed by atoms with Crippen LogP contribution in [0.4, 0.5) is 34.1 Å². The van der Waals surface area contributed by atoms with Gasteiger partial charge in [-0.15, -0.1) is 0 Å². The van der Waals surface area contributed by atoms with E-state index in [9.17, 15) is 0 Å². The van der Waals surface area contributed by atoms with Crippen LogP contribution < -0.4 is 9.80 Å². The summed E-state index contributed by atoms with van der Waals surface area (Å²) in [6, 6.07) is 134. The van der Waals surface area contributed by atoms with Gasteiger partial charge in [-0.05, 0) is 186 Å². The van der Waals surface area contributed by atoms with Crippen LogP contribution in [0.1, 0.15) is 67.5 Å². The number of hydrogen-bond donors (Lipinski definition) is 0. The molecule has 1 aromatic heterocycles. The van der Waals surface area contributed by atoms with Gasteiger partial charge in [0.2, 0.25) is 0 Å². The van der Waals surface area contributed by atoms with Crippen LogP contribution in [0.25, 0.3) is 60.2 Å². The fourth-order valence-electron chi connectivity index (χ4n) is 16.3. The summed E-state index contributed by atoms with van der Waals surface area (Å²) in [5.41, 5.74) is 25.5. The predicted octanol–water partition coefficient (Wildman–Crippen LogP) is 23.5. The highest BCUT2D eigenvalue weighted by atomic mass is 15.1. The number of aromatic nitrogens is 1. The number of rotatable bonds is 14. The van der Waals surface area contributed by atoms with Crippen LogP contribution in [0.3, 0.4) is 0 Å². The Morgan fingerprint density at radius 3 is 1.14 bits per heavy atom. The number of fused-ring (bicyclic) bond motifs is 14. The van der Waals surface area contributed by atoms with E-state index in [-0.39, 0.29) is 11.8 Å². The summed E-state index contributed by atoms with van der Waals surface area (Å²) in [5.74, 6) is 0.0757. The van der Waals surface area contributed by atoms with E-state index < -0.39 is 5.41 Å². The predicted molar refractivity (Wildman–Crippen MR) is 393 cm³/mol. The van der Waals surface area contributed by atoms with E-state index in [0.717, 1.165) is 47.0 Å². The monoisotopic (exact) mass is 1200 g/mol. The number of benzene rings is 15. The third-order valence-electron chi connectivity index (χ3n) is 20.4. The molecular formula is C91H65N3. The molecule has 3 heteroatoms. The normalized spacial score (nSPS) is 14.2. The van der Waals surface area contributed by atoms with Gasteiger partial charge in [0.05, 0.1) is 22.1 Å². The second-order valence-electron chi connectivity index (χ2n) is 25.4. The van der Waals surface area contributed by atoms with Crippen molar-refractivity contribution < 1.29 is 0 Å². The molecule has 2 aliphatic rings. The summed E-state index contributed by atoms with van der Waals surface area (Å²) in [6.07, 6.45) is 1.59. The molecule has 1 aliphatic carbocycles. The third-order valence-corrected chi connectivity index (χ3v) is 20.4. The highest BCUT2D eigenvalue weighted by Crippen LogP contribution is 2.62. The van der Waals surface area contributed by atoms with Crippen molar-refractivity contribution in [3.8, 4) is 16.8 Å². The van der Waals surface area contributed by atoms with Crippen molar-refractivity contribution in [1.29, 1.82) is 0 Å². The third kappa shape index (κ3) is 9.02. The second-order valence-corrected chi connectivity index (χ2v) is 25.4. The lowest BCUT2D eigenvalue weighted by molar-refractivity contribution is 0.738. The zero-order valence-electron chi connectivity index (χ0n) is 52.0. The maximum atomic E-state index is 2.62. The SMILES string of the molecule is c1ccc(N(c2ccccc2)c2ccc(C(Cc3ccc4c(c3)C3(c5cc(CC(c6ccc(N(c7ccccc7)c7ccccc7)cc6)c6cccc7ccccc67)ccc5-4)c4ccccc4-n4c5ccccc5c5cccc3c54)c3cccc4ccccc34)cc2)cc1. The minimum Gasteiger partial charge on any atom is -0.311 e. The van der Waals surface area contributed by atoms with Crippen LogP contribution in [-0.4, -0.2) is 4.57 Å². The molecule has 0 amide bonds. The molecule has 94 heavy (non-hydrogen) atoms. The van der Waals surface area contributed by atoms with Gasteiger partial charge >= 0.3 is 0 Å².